The maximum absolute atomic E-state index is 13.1. The standard InChI is InChI=1S/C23H25F3N2O5S/c1-22(2)21(30)20(17-12-16(8-9-18(17)33-22)34(31,32)23(24,25)26)28-11-10-27(14-19(28)29)13-15-6-4-3-5-7-15/h3-9,12,20-21,30H,10-11,13-14H2,1-2H3/t20-,21+/m0/s1. The van der Waals surface area contributed by atoms with Crippen molar-refractivity contribution in [3.05, 3.63) is 59.7 Å². The second kappa shape index (κ2) is 8.54. The SMILES string of the molecule is CC1(C)Oc2ccc(S(=O)(=O)C(F)(F)F)cc2[C@H](N2CCN(Cc3ccccc3)CC2=O)[C@H]1O. The normalized spacial score (nSPS) is 23.4. The molecular formula is C23H25F3N2O5S. The molecule has 1 fully saturated rings. The van der Waals surface area contributed by atoms with E-state index in [1.807, 2.05) is 35.2 Å². The lowest BCUT2D eigenvalue weighted by Crippen LogP contribution is -2.59. The van der Waals surface area contributed by atoms with Crippen molar-refractivity contribution in [2.24, 2.45) is 0 Å². The van der Waals surface area contributed by atoms with Crippen molar-refractivity contribution in [1.82, 2.24) is 9.80 Å². The molecule has 2 aliphatic heterocycles. The van der Waals surface area contributed by atoms with Crippen LogP contribution in [0.2, 0.25) is 0 Å². The zero-order valence-corrected chi connectivity index (χ0v) is 19.4. The van der Waals surface area contributed by atoms with E-state index in [-0.39, 0.29) is 30.3 Å². The number of aliphatic hydroxyl groups excluding tert-OH is 1. The van der Waals surface area contributed by atoms with E-state index in [0.29, 0.717) is 13.1 Å². The summed E-state index contributed by atoms with van der Waals surface area (Å²) in [6.07, 6.45) is -1.30. The van der Waals surface area contributed by atoms with Crippen molar-refractivity contribution >= 4 is 15.7 Å². The molecule has 0 bridgehead atoms. The fourth-order valence-electron chi connectivity index (χ4n) is 4.39. The molecule has 0 aliphatic carbocycles. The number of hydrogen-bond donors (Lipinski definition) is 1. The van der Waals surface area contributed by atoms with Gasteiger partial charge in [0.1, 0.15) is 17.5 Å². The molecule has 2 aromatic carbocycles. The maximum atomic E-state index is 13.1. The van der Waals surface area contributed by atoms with Crippen LogP contribution in [-0.2, 0) is 21.2 Å². The van der Waals surface area contributed by atoms with E-state index in [1.54, 1.807) is 13.8 Å². The second-order valence-corrected chi connectivity index (χ2v) is 11.0. The number of carbonyl (C=O) groups excluding carboxylic acids is 1. The molecule has 0 unspecified atom stereocenters. The van der Waals surface area contributed by atoms with E-state index in [0.717, 1.165) is 23.8 Å². The minimum absolute atomic E-state index is 0.0296. The number of ether oxygens (including phenoxy) is 1. The predicted molar refractivity (Wildman–Crippen MR) is 117 cm³/mol. The van der Waals surface area contributed by atoms with Crippen LogP contribution in [0.1, 0.15) is 31.0 Å². The van der Waals surface area contributed by atoms with Crippen molar-refractivity contribution in [2.75, 3.05) is 19.6 Å². The Kier molecular flexibility index (Phi) is 6.16. The van der Waals surface area contributed by atoms with Gasteiger partial charge < -0.3 is 14.7 Å². The molecule has 2 heterocycles. The molecule has 0 saturated carbocycles. The number of fused-ring (bicyclic) bond motifs is 1. The number of sulfone groups is 1. The van der Waals surface area contributed by atoms with Crippen molar-refractivity contribution < 1.29 is 36.2 Å². The first-order chi connectivity index (χ1) is 15.8. The molecule has 1 N–H and O–H groups in total. The van der Waals surface area contributed by atoms with Gasteiger partial charge >= 0.3 is 5.51 Å². The number of alkyl halides is 3. The van der Waals surface area contributed by atoms with Crippen molar-refractivity contribution in [2.45, 2.75) is 48.5 Å². The summed E-state index contributed by atoms with van der Waals surface area (Å²) in [6, 6.07) is 11.3. The third-order valence-corrected chi connectivity index (χ3v) is 7.70. The highest BCUT2D eigenvalue weighted by atomic mass is 32.2. The Morgan fingerprint density at radius 3 is 2.41 bits per heavy atom. The third-order valence-electron chi connectivity index (χ3n) is 6.22. The fraction of sp³-hybridized carbons (Fsp3) is 0.435. The molecule has 2 aliphatic rings. The topological polar surface area (TPSA) is 87.2 Å². The van der Waals surface area contributed by atoms with E-state index in [4.69, 9.17) is 4.74 Å². The summed E-state index contributed by atoms with van der Waals surface area (Å²) in [6.45, 7) is 4.48. The van der Waals surface area contributed by atoms with Gasteiger partial charge in [-0.25, -0.2) is 8.42 Å². The lowest BCUT2D eigenvalue weighted by Gasteiger charge is -2.48. The highest BCUT2D eigenvalue weighted by molar-refractivity contribution is 7.92. The summed E-state index contributed by atoms with van der Waals surface area (Å²) in [7, 11) is -5.62. The van der Waals surface area contributed by atoms with Gasteiger partial charge in [0.15, 0.2) is 0 Å². The van der Waals surface area contributed by atoms with Crippen molar-refractivity contribution in [3.63, 3.8) is 0 Å². The Morgan fingerprint density at radius 2 is 1.79 bits per heavy atom. The molecule has 184 valence electrons. The van der Waals surface area contributed by atoms with Gasteiger partial charge in [-0.1, -0.05) is 30.3 Å². The van der Waals surface area contributed by atoms with Crippen LogP contribution in [0.25, 0.3) is 0 Å². The Balaban J connectivity index is 1.66. The largest absolute Gasteiger partial charge is 0.501 e. The van der Waals surface area contributed by atoms with Gasteiger partial charge in [0.05, 0.1) is 17.5 Å². The van der Waals surface area contributed by atoms with Crippen LogP contribution in [0.3, 0.4) is 0 Å². The fourth-order valence-corrected chi connectivity index (χ4v) is 5.19. The summed E-state index contributed by atoms with van der Waals surface area (Å²) in [5.74, 6) is -0.195. The molecule has 2 atom stereocenters. The molecule has 0 spiro atoms. The lowest BCUT2D eigenvalue weighted by atomic mass is 9.85. The predicted octanol–water partition coefficient (Wildman–Crippen LogP) is 2.90. The zero-order chi connectivity index (χ0) is 24.9. The molecule has 11 heteroatoms. The molecule has 4 rings (SSSR count). The van der Waals surface area contributed by atoms with E-state index >= 15 is 0 Å². The molecule has 34 heavy (non-hydrogen) atoms. The molecule has 0 aromatic heterocycles. The molecule has 7 nitrogen and oxygen atoms in total. The second-order valence-electron chi connectivity index (χ2n) is 9.03. The number of halogens is 3. The average Bonchev–Trinajstić information content (AvgIpc) is 2.75. The number of hydrogen-bond acceptors (Lipinski definition) is 6. The van der Waals surface area contributed by atoms with E-state index in [2.05, 4.69) is 0 Å². The van der Waals surface area contributed by atoms with Gasteiger partial charge in [0.25, 0.3) is 9.84 Å². The smallest absolute Gasteiger partial charge is 0.485 e. The van der Waals surface area contributed by atoms with Crippen LogP contribution in [0.4, 0.5) is 13.2 Å². The minimum Gasteiger partial charge on any atom is -0.485 e. The van der Waals surface area contributed by atoms with Crippen LogP contribution in [-0.4, -0.2) is 66.1 Å². The van der Waals surface area contributed by atoms with E-state index < -0.39 is 38.0 Å². The molecule has 1 amide bonds. The summed E-state index contributed by atoms with van der Waals surface area (Å²) in [4.78, 5) is 15.5. The summed E-state index contributed by atoms with van der Waals surface area (Å²) < 4.78 is 69.2. The van der Waals surface area contributed by atoms with Gasteiger partial charge in [-0.05, 0) is 37.6 Å². The summed E-state index contributed by atoms with van der Waals surface area (Å²) >= 11 is 0. The van der Waals surface area contributed by atoms with Crippen LogP contribution in [0.5, 0.6) is 5.75 Å². The Bertz CT molecular complexity index is 1180. The molecular weight excluding hydrogens is 473 g/mol. The average molecular weight is 499 g/mol. The number of carbonyl (C=O) groups is 1. The van der Waals surface area contributed by atoms with Crippen LogP contribution in [0.15, 0.2) is 53.4 Å². The number of amides is 1. The number of nitrogens with zero attached hydrogens (tertiary/aromatic N) is 2. The van der Waals surface area contributed by atoms with Gasteiger partial charge in [0, 0.05) is 25.2 Å². The quantitative estimate of drug-likeness (QED) is 0.698. The zero-order valence-electron chi connectivity index (χ0n) is 18.6. The number of aliphatic hydroxyl groups is 1. The lowest BCUT2D eigenvalue weighted by molar-refractivity contribution is -0.150. The highest BCUT2D eigenvalue weighted by Crippen LogP contribution is 2.45. The first-order valence-electron chi connectivity index (χ1n) is 10.7. The number of benzene rings is 2. The highest BCUT2D eigenvalue weighted by Gasteiger charge is 2.50. The maximum Gasteiger partial charge on any atom is 0.501 e. The summed E-state index contributed by atoms with van der Waals surface area (Å²) in [5, 5.41) is 11.1. The minimum atomic E-state index is -5.62. The molecule has 0 radical (unpaired) electrons. The Morgan fingerprint density at radius 1 is 1.12 bits per heavy atom. The molecule has 1 saturated heterocycles. The van der Waals surface area contributed by atoms with Crippen LogP contribution >= 0.6 is 0 Å². The van der Waals surface area contributed by atoms with Gasteiger partial charge in [-0.3, -0.25) is 9.69 Å². The summed E-state index contributed by atoms with van der Waals surface area (Å²) in [5.41, 5.74) is -5.59. The Labute approximate surface area is 195 Å². The Hall–Kier alpha value is -2.63. The first-order valence-corrected chi connectivity index (χ1v) is 12.2. The van der Waals surface area contributed by atoms with Crippen LogP contribution in [0, 0.1) is 0 Å². The van der Waals surface area contributed by atoms with E-state index in [9.17, 15) is 31.5 Å². The van der Waals surface area contributed by atoms with Crippen LogP contribution < -0.4 is 4.74 Å². The molecule has 2 aromatic rings. The number of piperazine rings is 1. The third kappa shape index (κ3) is 4.39. The van der Waals surface area contributed by atoms with Crippen molar-refractivity contribution in [1.29, 1.82) is 0 Å². The first kappa shape index (κ1) is 24.5. The monoisotopic (exact) mass is 498 g/mol. The van der Waals surface area contributed by atoms with Crippen molar-refractivity contribution in [3.8, 4) is 5.75 Å². The van der Waals surface area contributed by atoms with Gasteiger partial charge in [-0.15, -0.1) is 0 Å². The number of rotatable bonds is 4. The van der Waals surface area contributed by atoms with Gasteiger partial charge in [-0.2, -0.15) is 13.2 Å². The van der Waals surface area contributed by atoms with E-state index in [1.165, 1.54) is 4.90 Å². The van der Waals surface area contributed by atoms with Gasteiger partial charge in [0.2, 0.25) is 5.91 Å².